The quantitative estimate of drug-likeness (QED) is 0.745. The van der Waals surface area contributed by atoms with E-state index in [1.54, 1.807) is 37.3 Å². The van der Waals surface area contributed by atoms with E-state index >= 15 is 0 Å². The van der Waals surface area contributed by atoms with Gasteiger partial charge >= 0.3 is 0 Å². The lowest BCUT2D eigenvalue weighted by atomic mass is 10.1. The maximum atomic E-state index is 12.5. The molecule has 0 heterocycles. The number of hydrogen-bond acceptors (Lipinski definition) is 5. The topological polar surface area (TPSA) is 87.8 Å². The lowest BCUT2D eigenvalue weighted by molar-refractivity contribution is 0.0810. The minimum atomic E-state index is -0.803. The number of primary amides is 1. The van der Waals surface area contributed by atoms with Crippen LogP contribution < -0.4 is 19.9 Å². The first-order chi connectivity index (χ1) is 12.0. The van der Waals surface area contributed by atoms with E-state index in [4.69, 9.17) is 19.9 Å². The minimum absolute atomic E-state index is 0.187. The Balaban J connectivity index is 2.19. The average Bonchev–Trinajstić information content (AvgIpc) is 2.61. The molecule has 0 aliphatic rings. The zero-order valence-corrected chi connectivity index (χ0v) is 14.4. The van der Waals surface area contributed by atoms with E-state index in [1.165, 1.54) is 19.2 Å². The maximum Gasteiger partial charge on any atom is 0.252 e. The van der Waals surface area contributed by atoms with Crippen molar-refractivity contribution < 1.29 is 23.8 Å². The van der Waals surface area contributed by atoms with Crippen LogP contribution in [0.15, 0.2) is 42.5 Å². The number of Topliss-reactive ketones (excluding diaryl/α,β-unsaturated/α-hetero) is 1. The molecule has 0 aliphatic heterocycles. The SMILES string of the molecule is CCOc1ccc(C(=O)[C@H](C)Oc2cc(OC)ccc2C(N)=O)cc1. The number of methoxy groups -OCH3 is 1. The van der Waals surface area contributed by atoms with Crippen LogP contribution in [0.25, 0.3) is 0 Å². The molecular weight excluding hydrogens is 322 g/mol. The number of ketones is 1. The van der Waals surface area contributed by atoms with Gasteiger partial charge in [0.1, 0.15) is 17.2 Å². The fourth-order valence-corrected chi connectivity index (χ4v) is 2.29. The lowest BCUT2D eigenvalue weighted by Gasteiger charge is -2.16. The summed E-state index contributed by atoms with van der Waals surface area (Å²) in [5, 5.41) is 0. The Morgan fingerprint density at radius 3 is 2.28 bits per heavy atom. The van der Waals surface area contributed by atoms with Crippen LogP contribution in [0.5, 0.6) is 17.2 Å². The third kappa shape index (κ3) is 4.50. The molecule has 6 heteroatoms. The second-order valence-corrected chi connectivity index (χ2v) is 5.31. The van der Waals surface area contributed by atoms with Gasteiger partial charge in [0, 0.05) is 11.6 Å². The van der Waals surface area contributed by atoms with E-state index in [0.717, 1.165) is 0 Å². The van der Waals surface area contributed by atoms with E-state index in [9.17, 15) is 9.59 Å². The molecule has 2 aromatic rings. The first kappa shape index (κ1) is 18.3. The highest BCUT2D eigenvalue weighted by Crippen LogP contribution is 2.26. The molecule has 1 amide bonds. The van der Waals surface area contributed by atoms with Crippen molar-refractivity contribution in [1.82, 2.24) is 0 Å². The summed E-state index contributed by atoms with van der Waals surface area (Å²) in [5.41, 5.74) is 6.03. The number of rotatable bonds is 8. The van der Waals surface area contributed by atoms with Crippen molar-refractivity contribution >= 4 is 11.7 Å². The molecule has 2 aromatic carbocycles. The summed E-state index contributed by atoms with van der Waals surface area (Å²) in [4.78, 5) is 24.1. The molecule has 0 saturated carbocycles. The highest BCUT2D eigenvalue weighted by Gasteiger charge is 2.20. The first-order valence-corrected chi connectivity index (χ1v) is 7.87. The Hall–Kier alpha value is -3.02. The van der Waals surface area contributed by atoms with E-state index in [1.807, 2.05) is 6.92 Å². The van der Waals surface area contributed by atoms with Gasteiger partial charge in [-0.25, -0.2) is 0 Å². The van der Waals surface area contributed by atoms with Gasteiger partial charge in [0.15, 0.2) is 6.10 Å². The van der Waals surface area contributed by atoms with Gasteiger partial charge in [-0.3, -0.25) is 9.59 Å². The van der Waals surface area contributed by atoms with Gasteiger partial charge in [0.05, 0.1) is 19.3 Å². The predicted molar refractivity (Wildman–Crippen MR) is 93.5 cm³/mol. The maximum absolute atomic E-state index is 12.5. The Labute approximate surface area is 146 Å². The smallest absolute Gasteiger partial charge is 0.252 e. The zero-order chi connectivity index (χ0) is 18.4. The summed E-state index contributed by atoms with van der Waals surface area (Å²) in [5.74, 6) is 0.537. The third-order valence-corrected chi connectivity index (χ3v) is 3.58. The largest absolute Gasteiger partial charge is 0.497 e. The molecule has 132 valence electrons. The van der Waals surface area contributed by atoms with Crippen molar-refractivity contribution in [2.75, 3.05) is 13.7 Å². The minimum Gasteiger partial charge on any atom is -0.497 e. The summed E-state index contributed by atoms with van der Waals surface area (Å²) in [7, 11) is 1.50. The van der Waals surface area contributed by atoms with Gasteiger partial charge < -0.3 is 19.9 Å². The van der Waals surface area contributed by atoms with Crippen molar-refractivity contribution in [3.63, 3.8) is 0 Å². The van der Waals surface area contributed by atoms with Crippen LogP contribution in [-0.2, 0) is 0 Å². The predicted octanol–water partition coefficient (Wildman–Crippen LogP) is 2.84. The molecule has 25 heavy (non-hydrogen) atoms. The van der Waals surface area contributed by atoms with Crippen molar-refractivity contribution in [3.05, 3.63) is 53.6 Å². The zero-order valence-electron chi connectivity index (χ0n) is 14.4. The lowest BCUT2D eigenvalue weighted by Crippen LogP contribution is -2.25. The Kier molecular flexibility index (Phi) is 6.00. The number of amides is 1. The van der Waals surface area contributed by atoms with Crippen LogP contribution in [-0.4, -0.2) is 31.5 Å². The summed E-state index contributed by atoms with van der Waals surface area (Å²) in [6.45, 7) is 4.06. The average molecular weight is 343 g/mol. The molecule has 1 atom stereocenters. The van der Waals surface area contributed by atoms with Crippen LogP contribution >= 0.6 is 0 Å². The summed E-state index contributed by atoms with van der Waals surface area (Å²) >= 11 is 0. The second-order valence-electron chi connectivity index (χ2n) is 5.31. The molecule has 0 unspecified atom stereocenters. The number of carbonyl (C=O) groups is 2. The number of carbonyl (C=O) groups excluding carboxylic acids is 2. The molecule has 2 rings (SSSR count). The van der Waals surface area contributed by atoms with Gasteiger partial charge in [-0.15, -0.1) is 0 Å². The van der Waals surface area contributed by atoms with E-state index in [2.05, 4.69) is 0 Å². The monoisotopic (exact) mass is 343 g/mol. The molecule has 0 aliphatic carbocycles. The third-order valence-electron chi connectivity index (χ3n) is 3.58. The molecule has 0 bridgehead atoms. The van der Waals surface area contributed by atoms with Crippen molar-refractivity contribution in [1.29, 1.82) is 0 Å². The number of nitrogens with two attached hydrogens (primary N) is 1. The van der Waals surface area contributed by atoms with E-state index in [-0.39, 0.29) is 17.1 Å². The normalized spacial score (nSPS) is 11.5. The highest BCUT2D eigenvalue weighted by molar-refractivity contribution is 6.00. The second kappa shape index (κ2) is 8.19. The van der Waals surface area contributed by atoms with Gasteiger partial charge in [0.2, 0.25) is 5.78 Å². The van der Waals surface area contributed by atoms with Gasteiger partial charge in [0.25, 0.3) is 5.91 Å². The summed E-state index contributed by atoms with van der Waals surface area (Å²) in [6, 6.07) is 11.4. The van der Waals surface area contributed by atoms with Crippen molar-refractivity contribution in [2.45, 2.75) is 20.0 Å². The highest BCUT2D eigenvalue weighted by atomic mass is 16.5. The molecule has 0 aromatic heterocycles. The van der Waals surface area contributed by atoms with Crippen molar-refractivity contribution in [2.24, 2.45) is 5.73 Å². The fraction of sp³-hybridized carbons (Fsp3) is 0.263. The van der Waals surface area contributed by atoms with Crippen molar-refractivity contribution in [3.8, 4) is 17.2 Å². The van der Waals surface area contributed by atoms with Gasteiger partial charge in [-0.2, -0.15) is 0 Å². The van der Waals surface area contributed by atoms with Crippen LogP contribution in [0, 0.1) is 0 Å². The van der Waals surface area contributed by atoms with Crippen LogP contribution in [0.3, 0.4) is 0 Å². The Morgan fingerprint density at radius 1 is 1.08 bits per heavy atom. The van der Waals surface area contributed by atoms with E-state index in [0.29, 0.717) is 23.7 Å². The number of ether oxygens (including phenoxy) is 3. The summed E-state index contributed by atoms with van der Waals surface area (Å²) < 4.78 is 16.2. The van der Waals surface area contributed by atoms with Crippen LogP contribution in [0.4, 0.5) is 0 Å². The standard InChI is InChI=1S/C19H21NO5/c1-4-24-14-7-5-13(6-8-14)18(21)12(2)25-17-11-15(23-3)9-10-16(17)19(20)22/h5-12H,4H2,1-3H3,(H2,20,22)/t12-/m0/s1. The van der Waals surface area contributed by atoms with Crippen LogP contribution in [0.1, 0.15) is 34.6 Å². The summed E-state index contributed by atoms with van der Waals surface area (Å²) in [6.07, 6.45) is -0.803. The Morgan fingerprint density at radius 2 is 1.72 bits per heavy atom. The fourth-order valence-electron chi connectivity index (χ4n) is 2.29. The number of benzene rings is 2. The first-order valence-electron chi connectivity index (χ1n) is 7.87. The molecule has 2 N–H and O–H groups in total. The van der Waals surface area contributed by atoms with Gasteiger partial charge in [-0.05, 0) is 50.2 Å². The Bertz CT molecular complexity index is 755. The molecule has 6 nitrogen and oxygen atoms in total. The van der Waals surface area contributed by atoms with E-state index < -0.39 is 12.0 Å². The molecular formula is C19H21NO5. The molecule has 0 radical (unpaired) electrons. The number of hydrogen-bond donors (Lipinski definition) is 1. The van der Waals surface area contributed by atoms with Gasteiger partial charge in [-0.1, -0.05) is 0 Å². The molecule has 0 fully saturated rings. The molecule has 0 spiro atoms. The van der Waals surface area contributed by atoms with Crippen LogP contribution in [0.2, 0.25) is 0 Å². The molecule has 0 saturated heterocycles.